The van der Waals surface area contributed by atoms with Gasteiger partial charge in [-0.3, -0.25) is 9.59 Å². The Morgan fingerprint density at radius 2 is 1.73 bits per heavy atom. The Bertz CT molecular complexity index is 596. The second-order valence-electron chi connectivity index (χ2n) is 5.87. The van der Waals surface area contributed by atoms with Crippen molar-refractivity contribution in [3.63, 3.8) is 0 Å². The molecule has 1 saturated carbocycles. The minimum absolute atomic E-state index is 0.0513. The number of rotatable bonds is 2. The lowest BCUT2D eigenvalue weighted by atomic mass is 9.84. The summed E-state index contributed by atoms with van der Waals surface area (Å²) in [5, 5.41) is -0.0513. The van der Waals surface area contributed by atoms with E-state index in [0.29, 0.717) is 31.7 Å². The normalized spacial score (nSPS) is 19.0. The molecule has 22 heavy (non-hydrogen) atoms. The first-order chi connectivity index (χ1) is 10.6. The monoisotopic (exact) mass is 324 g/mol. The molecule has 1 aromatic carbocycles. The summed E-state index contributed by atoms with van der Waals surface area (Å²) < 4.78 is 13.2. The van der Waals surface area contributed by atoms with Crippen molar-refractivity contribution in [1.29, 1.82) is 0 Å². The summed E-state index contributed by atoms with van der Waals surface area (Å²) in [5.41, 5.74) is 0.380. The smallest absolute Gasteiger partial charge is 0.254 e. The Labute approximate surface area is 133 Å². The third kappa shape index (κ3) is 2.95. The molecular weight excluding hydrogens is 307 g/mol. The van der Waals surface area contributed by atoms with Gasteiger partial charge in [-0.2, -0.15) is 0 Å². The standard InChI is InChI=1S/C16H18ClFN2O2/c17-13-10-12(4-5-14(13)18)16(22)20-8-6-19(7-9-20)15(21)11-2-1-3-11/h4-5,10-11H,1-3,6-9H2. The van der Waals surface area contributed by atoms with Crippen molar-refractivity contribution in [1.82, 2.24) is 9.80 Å². The minimum Gasteiger partial charge on any atom is -0.339 e. The number of carbonyl (C=O) groups excluding carboxylic acids is 2. The number of carbonyl (C=O) groups is 2. The topological polar surface area (TPSA) is 40.6 Å². The van der Waals surface area contributed by atoms with Crippen LogP contribution in [0.5, 0.6) is 0 Å². The van der Waals surface area contributed by atoms with Crippen LogP contribution in [0.1, 0.15) is 29.6 Å². The summed E-state index contributed by atoms with van der Waals surface area (Å²) >= 11 is 5.72. The number of benzene rings is 1. The predicted octanol–water partition coefficient (Wildman–Crippen LogP) is 2.56. The average molecular weight is 325 g/mol. The van der Waals surface area contributed by atoms with Gasteiger partial charge >= 0.3 is 0 Å². The number of amides is 2. The zero-order chi connectivity index (χ0) is 15.7. The van der Waals surface area contributed by atoms with Crippen molar-refractivity contribution in [2.45, 2.75) is 19.3 Å². The SMILES string of the molecule is O=C(c1ccc(F)c(Cl)c1)N1CCN(C(=O)C2CCC2)CC1. The third-order valence-corrected chi connectivity index (χ3v) is 4.79. The summed E-state index contributed by atoms with van der Waals surface area (Å²) in [6.07, 6.45) is 3.12. The molecule has 1 aromatic rings. The van der Waals surface area contributed by atoms with E-state index >= 15 is 0 Å². The van der Waals surface area contributed by atoms with E-state index in [9.17, 15) is 14.0 Å². The molecule has 0 atom stereocenters. The summed E-state index contributed by atoms with van der Waals surface area (Å²) in [4.78, 5) is 28.1. The van der Waals surface area contributed by atoms with Crippen molar-refractivity contribution in [2.75, 3.05) is 26.2 Å². The van der Waals surface area contributed by atoms with Crippen molar-refractivity contribution < 1.29 is 14.0 Å². The Kier molecular flexibility index (Phi) is 4.34. The summed E-state index contributed by atoms with van der Waals surface area (Å²) in [5.74, 6) is -0.284. The summed E-state index contributed by atoms with van der Waals surface area (Å²) in [6.45, 7) is 2.14. The van der Waals surface area contributed by atoms with E-state index in [1.54, 1.807) is 4.90 Å². The van der Waals surface area contributed by atoms with Gasteiger partial charge in [0, 0.05) is 37.7 Å². The Balaban J connectivity index is 1.59. The van der Waals surface area contributed by atoms with Crippen LogP contribution in [0.2, 0.25) is 5.02 Å². The lowest BCUT2D eigenvalue weighted by Crippen LogP contribution is -2.52. The first-order valence-electron chi connectivity index (χ1n) is 7.59. The van der Waals surface area contributed by atoms with Crippen LogP contribution in [-0.2, 0) is 4.79 Å². The molecule has 0 bridgehead atoms. The Morgan fingerprint density at radius 1 is 1.09 bits per heavy atom. The average Bonchev–Trinajstić information content (AvgIpc) is 2.48. The molecule has 1 aliphatic carbocycles. The van der Waals surface area contributed by atoms with Crippen LogP contribution in [0.25, 0.3) is 0 Å². The molecule has 3 rings (SSSR count). The molecule has 0 aromatic heterocycles. The quantitative estimate of drug-likeness (QED) is 0.839. The van der Waals surface area contributed by atoms with Crippen LogP contribution in [0.15, 0.2) is 18.2 Å². The maximum atomic E-state index is 13.2. The molecular formula is C16H18ClFN2O2. The van der Waals surface area contributed by atoms with Gasteiger partial charge in [-0.25, -0.2) is 4.39 Å². The molecule has 2 fully saturated rings. The highest BCUT2D eigenvalue weighted by atomic mass is 35.5. The van der Waals surface area contributed by atoms with Gasteiger partial charge in [0.25, 0.3) is 5.91 Å². The maximum Gasteiger partial charge on any atom is 0.254 e. The summed E-state index contributed by atoms with van der Waals surface area (Å²) in [6, 6.07) is 3.99. The predicted molar refractivity (Wildman–Crippen MR) is 81.2 cm³/mol. The number of nitrogens with zero attached hydrogens (tertiary/aromatic N) is 2. The molecule has 2 aliphatic rings. The zero-order valence-electron chi connectivity index (χ0n) is 12.2. The first-order valence-corrected chi connectivity index (χ1v) is 7.97. The number of halogens is 2. The fraction of sp³-hybridized carbons (Fsp3) is 0.500. The summed E-state index contributed by atoms with van der Waals surface area (Å²) in [7, 11) is 0. The van der Waals surface area contributed by atoms with Gasteiger partial charge in [0.15, 0.2) is 0 Å². The van der Waals surface area contributed by atoms with Gasteiger partial charge in [0.1, 0.15) is 5.82 Å². The van der Waals surface area contributed by atoms with Crippen molar-refractivity contribution in [2.24, 2.45) is 5.92 Å². The lowest BCUT2D eigenvalue weighted by molar-refractivity contribution is -0.139. The largest absolute Gasteiger partial charge is 0.339 e. The van der Waals surface area contributed by atoms with Crippen LogP contribution in [0.4, 0.5) is 4.39 Å². The molecule has 2 amide bonds. The van der Waals surface area contributed by atoms with E-state index in [2.05, 4.69) is 0 Å². The van der Waals surface area contributed by atoms with Gasteiger partial charge in [-0.05, 0) is 31.0 Å². The first kappa shape index (κ1) is 15.3. The van der Waals surface area contributed by atoms with Crippen LogP contribution < -0.4 is 0 Å². The van der Waals surface area contributed by atoms with Crippen molar-refractivity contribution in [3.05, 3.63) is 34.6 Å². The fourth-order valence-electron chi connectivity index (χ4n) is 2.86. The lowest BCUT2D eigenvalue weighted by Gasteiger charge is -2.38. The third-order valence-electron chi connectivity index (χ3n) is 4.50. The Morgan fingerprint density at radius 3 is 2.27 bits per heavy atom. The van der Waals surface area contributed by atoms with Crippen LogP contribution in [0, 0.1) is 11.7 Å². The minimum atomic E-state index is -0.533. The highest BCUT2D eigenvalue weighted by molar-refractivity contribution is 6.31. The second-order valence-corrected chi connectivity index (χ2v) is 6.28. The van der Waals surface area contributed by atoms with E-state index in [1.165, 1.54) is 18.2 Å². The molecule has 1 saturated heterocycles. The molecule has 4 nitrogen and oxygen atoms in total. The van der Waals surface area contributed by atoms with Gasteiger partial charge in [0.05, 0.1) is 5.02 Å². The molecule has 118 valence electrons. The zero-order valence-corrected chi connectivity index (χ0v) is 13.0. The van der Waals surface area contributed by atoms with Gasteiger partial charge < -0.3 is 9.80 Å². The number of hydrogen-bond acceptors (Lipinski definition) is 2. The maximum absolute atomic E-state index is 13.2. The molecule has 0 N–H and O–H groups in total. The molecule has 1 heterocycles. The second kappa shape index (κ2) is 6.24. The van der Waals surface area contributed by atoms with Gasteiger partial charge in [-0.1, -0.05) is 18.0 Å². The van der Waals surface area contributed by atoms with Crippen molar-refractivity contribution in [3.8, 4) is 0 Å². The molecule has 0 radical (unpaired) electrons. The van der Waals surface area contributed by atoms with E-state index in [-0.39, 0.29) is 22.8 Å². The van der Waals surface area contributed by atoms with E-state index in [1.807, 2.05) is 4.90 Å². The van der Waals surface area contributed by atoms with E-state index in [0.717, 1.165) is 19.3 Å². The number of hydrogen-bond donors (Lipinski definition) is 0. The fourth-order valence-corrected chi connectivity index (χ4v) is 3.04. The molecule has 0 spiro atoms. The Hall–Kier alpha value is -1.62. The van der Waals surface area contributed by atoms with Crippen molar-refractivity contribution >= 4 is 23.4 Å². The number of piperazine rings is 1. The van der Waals surface area contributed by atoms with Gasteiger partial charge in [0.2, 0.25) is 5.91 Å². The molecule has 1 aliphatic heterocycles. The molecule has 0 unspecified atom stereocenters. The highest BCUT2D eigenvalue weighted by Gasteiger charge is 2.32. The van der Waals surface area contributed by atoms with Gasteiger partial charge in [-0.15, -0.1) is 0 Å². The van der Waals surface area contributed by atoms with Crippen LogP contribution >= 0.6 is 11.6 Å². The van der Waals surface area contributed by atoms with E-state index < -0.39 is 5.82 Å². The van der Waals surface area contributed by atoms with Crippen LogP contribution in [-0.4, -0.2) is 47.8 Å². The highest BCUT2D eigenvalue weighted by Crippen LogP contribution is 2.28. The van der Waals surface area contributed by atoms with E-state index in [4.69, 9.17) is 11.6 Å². The molecule has 6 heteroatoms. The van der Waals surface area contributed by atoms with Crippen LogP contribution in [0.3, 0.4) is 0 Å².